The van der Waals surface area contributed by atoms with Gasteiger partial charge in [-0.25, -0.2) is 0 Å². The first kappa shape index (κ1) is 22.7. The molecule has 2 aliphatic rings. The monoisotopic (exact) mass is 493 g/mol. The molecule has 1 unspecified atom stereocenters. The first-order chi connectivity index (χ1) is 15.8. The number of nitrogen functional groups attached to an aromatic ring is 1. The number of carboxylic acid groups (broad SMARTS) is 1. The molecule has 4 heterocycles. The summed E-state index contributed by atoms with van der Waals surface area (Å²) in [4.78, 5) is 47.6. The summed E-state index contributed by atoms with van der Waals surface area (Å²) in [6.07, 6.45) is 3.40. The molecule has 0 spiro atoms. The van der Waals surface area contributed by atoms with Crippen LogP contribution >= 0.6 is 23.3 Å². The predicted molar refractivity (Wildman–Crippen MR) is 113 cm³/mol. The molecule has 1 fully saturated rings. The summed E-state index contributed by atoms with van der Waals surface area (Å²) in [7, 11) is 1.74. The lowest BCUT2D eigenvalue weighted by atomic mass is 10.0. The molecular weight excluding hydrogens is 474 g/mol. The maximum absolute atomic E-state index is 12.9. The fourth-order valence-corrected chi connectivity index (χ4v) is 5.11. The van der Waals surface area contributed by atoms with Gasteiger partial charge in [0.15, 0.2) is 17.5 Å². The number of fused-ring (bicyclic) bond motifs is 1. The molecule has 33 heavy (non-hydrogen) atoms. The van der Waals surface area contributed by atoms with Crippen molar-refractivity contribution in [1.82, 2.24) is 29.5 Å². The Hall–Kier alpha value is -3.53. The molecule has 174 valence electrons. The van der Waals surface area contributed by atoms with Crippen LogP contribution in [0.1, 0.15) is 12.7 Å². The maximum atomic E-state index is 12.9. The van der Waals surface area contributed by atoms with Gasteiger partial charge in [0.05, 0.1) is 16.9 Å². The molecule has 2 aromatic rings. The number of nitrogens with two attached hydrogens (primary N) is 1. The normalized spacial score (nSPS) is 20.4. The first-order valence-corrected chi connectivity index (χ1v) is 11.5. The fraction of sp³-hybridized carbons (Fsp3) is 0.412. The number of aliphatic carboxylic acids is 1. The molecule has 14 nitrogen and oxygen atoms in total. The highest BCUT2D eigenvalue weighted by atomic mass is 32.2. The third kappa shape index (κ3) is 4.38. The predicted octanol–water partition coefficient (Wildman–Crippen LogP) is -3.01. The van der Waals surface area contributed by atoms with Gasteiger partial charge in [0, 0.05) is 22.9 Å². The molecule has 3 N–H and O–H groups in total. The molecule has 0 saturated carbocycles. The number of carboxylic acids is 1. The van der Waals surface area contributed by atoms with Crippen molar-refractivity contribution in [3.8, 4) is 0 Å². The van der Waals surface area contributed by atoms with E-state index in [1.165, 1.54) is 11.8 Å². The molecule has 0 aliphatic carbocycles. The van der Waals surface area contributed by atoms with Crippen LogP contribution in [-0.2, 0) is 32.8 Å². The Balaban J connectivity index is 1.53. The Morgan fingerprint density at radius 1 is 1.48 bits per heavy atom. The Morgan fingerprint density at radius 3 is 2.88 bits per heavy atom. The number of carbonyl (C=O) groups excluding carboxylic acids is 3. The number of anilines is 1. The summed E-state index contributed by atoms with van der Waals surface area (Å²) in [5.74, 6) is -2.50. The van der Waals surface area contributed by atoms with Crippen LogP contribution in [0.5, 0.6) is 0 Å². The fourth-order valence-electron chi connectivity index (χ4n) is 3.34. The van der Waals surface area contributed by atoms with E-state index in [1.54, 1.807) is 35.7 Å². The zero-order valence-electron chi connectivity index (χ0n) is 17.5. The Labute approximate surface area is 195 Å². The third-order valence-electron chi connectivity index (χ3n) is 4.74. The van der Waals surface area contributed by atoms with Gasteiger partial charge in [-0.2, -0.15) is 9.36 Å². The molecule has 1 saturated heterocycles. The minimum Gasteiger partial charge on any atom is -0.543 e. The number of oxime groups is 1. The SMILES string of the molecule is CCON=C(C(=O)NC1C(=O)N2C(C(=O)[O-])=C(Cn3cc[n+](C)n3)CS[C@H]12)c1nsc(N)n1. The lowest BCUT2D eigenvalue weighted by molar-refractivity contribution is -0.732. The Morgan fingerprint density at radius 2 is 2.27 bits per heavy atom. The van der Waals surface area contributed by atoms with Gasteiger partial charge < -0.3 is 25.8 Å². The van der Waals surface area contributed by atoms with Crippen LogP contribution in [0.15, 0.2) is 28.8 Å². The highest BCUT2D eigenvalue weighted by Crippen LogP contribution is 2.40. The summed E-state index contributed by atoms with van der Waals surface area (Å²) in [6.45, 7) is 2.07. The molecule has 2 amide bonds. The van der Waals surface area contributed by atoms with E-state index in [-0.39, 0.29) is 35.5 Å². The van der Waals surface area contributed by atoms with Crippen molar-refractivity contribution >= 4 is 51.9 Å². The first-order valence-electron chi connectivity index (χ1n) is 9.68. The van der Waals surface area contributed by atoms with Crippen molar-refractivity contribution in [1.29, 1.82) is 0 Å². The Bertz CT molecular complexity index is 1170. The second kappa shape index (κ2) is 9.14. The highest BCUT2D eigenvalue weighted by molar-refractivity contribution is 8.00. The Kier molecular flexibility index (Phi) is 6.28. The number of nitrogens with one attached hydrogen (secondary N) is 1. The molecule has 0 radical (unpaired) electrons. The second-order valence-corrected chi connectivity index (χ2v) is 8.86. The number of aryl methyl sites for hydroxylation is 1. The van der Waals surface area contributed by atoms with E-state index in [0.29, 0.717) is 11.3 Å². The lowest BCUT2D eigenvalue weighted by Crippen LogP contribution is -2.71. The van der Waals surface area contributed by atoms with Crippen LogP contribution in [0.3, 0.4) is 0 Å². The van der Waals surface area contributed by atoms with Crippen molar-refractivity contribution < 1.29 is 29.0 Å². The number of nitrogens with zero attached hydrogens (tertiary/aromatic N) is 7. The number of hydrogen-bond donors (Lipinski definition) is 2. The summed E-state index contributed by atoms with van der Waals surface area (Å²) in [6, 6.07) is -0.969. The van der Waals surface area contributed by atoms with Crippen molar-refractivity contribution in [3.05, 3.63) is 29.5 Å². The van der Waals surface area contributed by atoms with Gasteiger partial charge in [0.25, 0.3) is 11.8 Å². The van der Waals surface area contributed by atoms with Crippen molar-refractivity contribution in [2.75, 3.05) is 18.1 Å². The highest BCUT2D eigenvalue weighted by Gasteiger charge is 2.53. The average Bonchev–Trinajstić information content (AvgIpc) is 3.39. The second-order valence-electron chi connectivity index (χ2n) is 6.97. The molecule has 2 atom stereocenters. The zero-order valence-corrected chi connectivity index (χ0v) is 19.1. The van der Waals surface area contributed by atoms with E-state index in [1.807, 2.05) is 0 Å². The van der Waals surface area contributed by atoms with E-state index >= 15 is 0 Å². The average molecular weight is 494 g/mol. The minimum atomic E-state index is -1.47. The van der Waals surface area contributed by atoms with Gasteiger partial charge in [0.1, 0.15) is 31.6 Å². The molecule has 4 rings (SSSR count). The topological polar surface area (TPSA) is 185 Å². The summed E-state index contributed by atoms with van der Waals surface area (Å²) in [5.41, 5.74) is 5.63. The summed E-state index contributed by atoms with van der Waals surface area (Å²) < 4.78 is 7.09. The van der Waals surface area contributed by atoms with Gasteiger partial charge >= 0.3 is 0 Å². The molecule has 0 bridgehead atoms. The number of rotatable bonds is 8. The molecule has 0 aromatic carbocycles. The summed E-state index contributed by atoms with van der Waals surface area (Å²) in [5, 5.41) is 21.9. The van der Waals surface area contributed by atoms with Crippen LogP contribution in [0.2, 0.25) is 0 Å². The quantitative estimate of drug-likeness (QED) is 0.166. The van der Waals surface area contributed by atoms with E-state index in [9.17, 15) is 19.5 Å². The number of carbonyl (C=O) groups is 3. The molecule has 16 heteroatoms. The standard InChI is InChI=1S/C17H19N9O5S2/c1-3-31-21-9(12-20-17(18)33-22-12)13(27)19-10-14(28)26-11(16(29)30)8(7-32-15(10)26)6-25-5-4-24(2)23-25/h4-5,10,15H,3,6-7H2,1-2H3,(H3-,18,19,20,22,27,29,30)/t10?,15-/m1/s1. The van der Waals surface area contributed by atoms with Crippen LogP contribution in [0.4, 0.5) is 5.13 Å². The van der Waals surface area contributed by atoms with E-state index in [2.05, 4.69) is 25.0 Å². The molecule has 2 aliphatic heterocycles. The smallest absolute Gasteiger partial charge is 0.278 e. The number of amides is 2. The third-order valence-corrected chi connectivity index (χ3v) is 6.63. The maximum Gasteiger partial charge on any atom is 0.278 e. The summed E-state index contributed by atoms with van der Waals surface area (Å²) >= 11 is 2.21. The number of aromatic nitrogens is 5. The minimum absolute atomic E-state index is 0.0339. The number of β-lactam (4-membered cyclic amide) rings is 1. The van der Waals surface area contributed by atoms with Crippen LogP contribution in [-0.4, -0.2) is 71.4 Å². The molecular formula is C17H19N9O5S2. The van der Waals surface area contributed by atoms with E-state index in [4.69, 9.17) is 10.6 Å². The van der Waals surface area contributed by atoms with Crippen LogP contribution < -0.4 is 20.8 Å². The number of hydrogen-bond acceptors (Lipinski definition) is 12. The van der Waals surface area contributed by atoms with Gasteiger partial charge in [-0.1, -0.05) is 5.16 Å². The van der Waals surface area contributed by atoms with Gasteiger partial charge in [-0.3, -0.25) is 14.5 Å². The number of thioether (sulfide) groups is 1. The van der Waals surface area contributed by atoms with E-state index < -0.39 is 29.2 Å². The van der Waals surface area contributed by atoms with Gasteiger partial charge in [-0.15, -0.1) is 21.1 Å². The van der Waals surface area contributed by atoms with Crippen molar-refractivity contribution in [3.63, 3.8) is 0 Å². The molecule has 2 aromatic heterocycles. The van der Waals surface area contributed by atoms with Crippen molar-refractivity contribution in [2.24, 2.45) is 12.2 Å². The van der Waals surface area contributed by atoms with Crippen LogP contribution in [0, 0.1) is 0 Å². The van der Waals surface area contributed by atoms with Gasteiger partial charge in [-0.05, 0) is 6.92 Å². The van der Waals surface area contributed by atoms with Crippen molar-refractivity contribution in [2.45, 2.75) is 24.9 Å². The largest absolute Gasteiger partial charge is 0.543 e. The lowest BCUT2D eigenvalue weighted by Gasteiger charge is -2.50. The van der Waals surface area contributed by atoms with E-state index in [0.717, 1.165) is 16.4 Å². The van der Waals surface area contributed by atoms with Crippen LogP contribution in [0.25, 0.3) is 0 Å². The zero-order chi connectivity index (χ0) is 23.7. The van der Waals surface area contributed by atoms with Gasteiger partial charge in [0.2, 0.25) is 11.5 Å².